The fourth-order valence-corrected chi connectivity index (χ4v) is 4.11. The van der Waals surface area contributed by atoms with Crippen LogP contribution in [0.4, 0.5) is 0 Å². The minimum Gasteiger partial charge on any atom is -0.376 e. The van der Waals surface area contributed by atoms with Crippen LogP contribution < -0.4 is 0 Å². The monoisotopic (exact) mass is 232 g/mol. The van der Waals surface area contributed by atoms with Gasteiger partial charge in [-0.1, -0.05) is 51.7 Å². The van der Waals surface area contributed by atoms with Crippen LogP contribution in [0.15, 0.2) is 11.6 Å². The summed E-state index contributed by atoms with van der Waals surface area (Å²) < 4.78 is 0. The third-order valence-corrected chi connectivity index (χ3v) is 5.25. The molecule has 0 bridgehead atoms. The van der Waals surface area contributed by atoms with Gasteiger partial charge in [0.25, 0.3) is 0 Å². The summed E-state index contributed by atoms with van der Waals surface area (Å²) in [6.45, 7) is 8.79. The van der Waals surface area contributed by atoms with Crippen LogP contribution in [-0.4, -0.2) is 10.7 Å². The highest BCUT2D eigenvalue weighted by Crippen LogP contribution is 2.59. The lowest BCUT2D eigenvalue weighted by Crippen LogP contribution is -2.56. The number of aliphatic hydroxyl groups is 1. The second-order valence-electron chi connectivity index (χ2n) is 6.73. The Morgan fingerprint density at radius 3 is 2.59 bits per heavy atom. The van der Waals surface area contributed by atoms with Gasteiger partial charge in [-0.2, -0.15) is 0 Å². The van der Waals surface area contributed by atoms with E-state index < -0.39 is 5.60 Å². The molecule has 0 aromatic rings. The summed E-state index contributed by atoms with van der Waals surface area (Å²) in [5.74, 6) is 2.87. The number of hydrogen-bond acceptors (Lipinski definition) is 1. The molecule has 2 aliphatic carbocycles. The lowest BCUT2D eigenvalue weighted by atomic mass is 9.49. The van der Waals surface area contributed by atoms with Gasteiger partial charge in [0.15, 0.2) is 0 Å². The molecule has 0 spiro atoms. The van der Waals surface area contributed by atoms with Gasteiger partial charge in [-0.25, -0.2) is 0 Å². The molecule has 0 aromatic heterocycles. The molecule has 1 saturated carbocycles. The fraction of sp³-hybridized carbons (Fsp3) is 0.750. The Morgan fingerprint density at radius 1 is 1.35 bits per heavy atom. The van der Waals surface area contributed by atoms with Gasteiger partial charge in [0.2, 0.25) is 0 Å². The van der Waals surface area contributed by atoms with Crippen molar-refractivity contribution >= 4 is 0 Å². The highest BCUT2D eigenvalue weighted by Gasteiger charge is 2.57. The smallest absolute Gasteiger partial charge is 0.137 e. The predicted molar refractivity (Wildman–Crippen MR) is 71.4 cm³/mol. The van der Waals surface area contributed by atoms with Crippen molar-refractivity contribution in [1.29, 1.82) is 0 Å². The maximum atomic E-state index is 11.0. The van der Waals surface area contributed by atoms with Crippen molar-refractivity contribution in [3.8, 4) is 12.3 Å². The molecule has 0 aromatic carbocycles. The molecule has 1 fully saturated rings. The van der Waals surface area contributed by atoms with Gasteiger partial charge in [-0.15, -0.1) is 6.42 Å². The Kier molecular flexibility index (Phi) is 2.71. The zero-order valence-electron chi connectivity index (χ0n) is 11.5. The van der Waals surface area contributed by atoms with E-state index in [0.29, 0.717) is 0 Å². The van der Waals surface area contributed by atoms with Gasteiger partial charge in [0, 0.05) is 11.3 Å². The number of fused-ring (bicyclic) bond motifs is 1. The van der Waals surface area contributed by atoms with Gasteiger partial charge in [0.1, 0.15) is 5.60 Å². The SMILES string of the molecule is C#CC1(O)C(C)CC=C2C(C)(C)CCCC21C. The van der Waals surface area contributed by atoms with Crippen LogP contribution >= 0.6 is 0 Å². The molecule has 1 N–H and O–H groups in total. The fourth-order valence-electron chi connectivity index (χ4n) is 4.11. The number of allylic oxidation sites excluding steroid dienone is 1. The summed E-state index contributed by atoms with van der Waals surface area (Å²) in [7, 11) is 0. The molecule has 2 rings (SSSR count). The lowest BCUT2D eigenvalue weighted by molar-refractivity contribution is -0.0781. The molecule has 0 amide bonds. The van der Waals surface area contributed by atoms with E-state index in [9.17, 15) is 5.11 Å². The third-order valence-electron chi connectivity index (χ3n) is 5.25. The van der Waals surface area contributed by atoms with Gasteiger partial charge < -0.3 is 5.11 Å². The second-order valence-corrected chi connectivity index (χ2v) is 6.73. The van der Waals surface area contributed by atoms with E-state index in [1.165, 1.54) is 12.0 Å². The van der Waals surface area contributed by atoms with Crippen LogP contribution in [0.25, 0.3) is 0 Å². The quantitative estimate of drug-likeness (QED) is 0.500. The van der Waals surface area contributed by atoms with Crippen molar-refractivity contribution in [2.45, 2.75) is 59.0 Å². The average Bonchev–Trinajstić information content (AvgIpc) is 2.24. The molecule has 1 heteroatoms. The largest absolute Gasteiger partial charge is 0.376 e. The summed E-state index contributed by atoms with van der Waals surface area (Å²) >= 11 is 0. The first kappa shape index (κ1) is 12.7. The molecular weight excluding hydrogens is 208 g/mol. The van der Waals surface area contributed by atoms with Gasteiger partial charge >= 0.3 is 0 Å². The van der Waals surface area contributed by atoms with Crippen LogP contribution in [0.3, 0.4) is 0 Å². The van der Waals surface area contributed by atoms with Gasteiger partial charge in [-0.3, -0.25) is 0 Å². The Labute approximate surface area is 105 Å². The molecule has 0 heterocycles. The van der Waals surface area contributed by atoms with Crippen molar-refractivity contribution in [3.63, 3.8) is 0 Å². The summed E-state index contributed by atoms with van der Waals surface area (Å²) in [6.07, 6.45) is 12.3. The van der Waals surface area contributed by atoms with E-state index in [1.54, 1.807) is 0 Å². The molecule has 0 aliphatic heterocycles. The summed E-state index contributed by atoms with van der Waals surface area (Å²) in [4.78, 5) is 0. The average molecular weight is 232 g/mol. The molecule has 0 saturated heterocycles. The molecule has 17 heavy (non-hydrogen) atoms. The Hall–Kier alpha value is -0.740. The summed E-state index contributed by atoms with van der Waals surface area (Å²) in [5, 5.41) is 11.0. The maximum absolute atomic E-state index is 11.0. The van der Waals surface area contributed by atoms with Crippen LogP contribution in [-0.2, 0) is 0 Å². The lowest BCUT2D eigenvalue weighted by Gasteiger charge is -2.56. The zero-order valence-corrected chi connectivity index (χ0v) is 11.5. The second kappa shape index (κ2) is 3.62. The Morgan fingerprint density at radius 2 is 2.00 bits per heavy atom. The first-order valence-electron chi connectivity index (χ1n) is 6.69. The molecule has 3 atom stereocenters. The standard InChI is InChI=1S/C16H24O/c1-6-16(17)12(2)8-9-13-14(3,4)10-7-11-15(13,16)5/h1,9,12,17H,7-8,10-11H2,2-5H3. The minimum absolute atomic E-state index is 0.148. The van der Waals surface area contributed by atoms with E-state index >= 15 is 0 Å². The number of rotatable bonds is 0. The first-order chi connectivity index (χ1) is 7.78. The zero-order chi connectivity index (χ0) is 12.9. The molecular formula is C16H24O. The topological polar surface area (TPSA) is 20.2 Å². The maximum Gasteiger partial charge on any atom is 0.137 e. The van der Waals surface area contributed by atoms with Crippen LogP contribution in [0, 0.1) is 29.1 Å². The van der Waals surface area contributed by atoms with Crippen molar-refractivity contribution in [2.75, 3.05) is 0 Å². The van der Waals surface area contributed by atoms with E-state index in [4.69, 9.17) is 6.42 Å². The molecule has 94 valence electrons. The van der Waals surface area contributed by atoms with E-state index in [0.717, 1.165) is 19.3 Å². The normalized spacial score (nSPS) is 44.5. The highest BCUT2D eigenvalue weighted by atomic mass is 16.3. The van der Waals surface area contributed by atoms with E-state index in [1.807, 2.05) is 0 Å². The van der Waals surface area contributed by atoms with E-state index in [2.05, 4.69) is 39.7 Å². The predicted octanol–water partition coefficient (Wildman–Crippen LogP) is 3.53. The molecule has 3 unspecified atom stereocenters. The Balaban J connectivity index is 2.58. The van der Waals surface area contributed by atoms with Crippen molar-refractivity contribution < 1.29 is 5.11 Å². The van der Waals surface area contributed by atoms with Crippen molar-refractivity contribution in [1.82, 2.24) is 0 Å². The van der Waals surface area contributed by atoms with Crippen LogP contribution in [0.2, 0.25) is 0 Å². The van der Waals surface area contributed by atoms with Crippen molar-refractivity contribution in [3.05, 3.63) is 11.6 Å². The minimum atomic E-state index is -0.977. The van der Waals surface area contributed by atoms with Gasteiger partial charge in [-0.05, 0) is 24.7 Å². The van der Waals surface area contributed by atoms with Crippen molar-refractivity contribution in [2.24, 2.45) is 16.7 Å². The van der Waals surface area contributed by atoms with Gasteiger partial charge in [0.05, 0.1) is 0 Å². The van der Waals surface area contributed by atoms with Crippen LogP contribution in [0.1, 0.15) is 53.4 Å². The molecule has 2 aliphatic rings. The summed E-state index contributed by atoms with van der Waals surface area (Å²) in [6, 6.07) is 0. The highest BCUT2D eigenvalue weighted by molar-refractivity contribution is 5.37. The number of terminal acetylenes is 1. The summed E-state index contributed by atoms with van der Waals surface area (Å²) in [5.41, 5.74) is 0.350. The molecule has 0 radical (unpaired) electrons. The van der Waals surface area contributed by atoms with E-state index in [-0.39, 0.29) is 16.7 Å². The van der Waals surface area contributed by atoms with Crippen LogP contribution in [0.5, 0.6) is 0 Å². The third kappa shape index (κ3) is 1.50. The number of hydrogen-bond donors (Lipinski definition) is 1. The Bertz CT molecular complexity index is 398. The molecule has 1 nitrogen and oxygen atoms in total. The first-order valence-corrected chi connectivity index (χ1v) is 6.69.